The van der Waals surface area contributed by atoms with Gasteiger partial charge in [0.2, 0.25) is 11.9 Å². The van der Waals surface area contributed by atoms with Gasteiger partial charge in [-0.15, -0.1) is 0 Å². The summed E-state index contributed by atoms with van der Waals surface area (Å²) in [5, 5.41) is 0.631. The smallest absolute Gasteiger partial charge is 0.414 e. The number of carbonyl (C=O) groups is 2. The predicted molar refractivity (Wildman–Crippen MR) is 209 cm³/mol. The minimum absolute atomic E-state index is 0.0453. The predicted octanol–water partition coefficient (Wildman–Crippen LogP) is 6.91. The third-order valence-corrected chi connectivity index (χ3v) is 11.1. The number of amides is 2. The van der Waals surface area contributed by atoms with E-state index >= 15 is 4.39 Å². The number of ether oxygens (including phenoxy) is 1. The van der Waals surface area contributed by atoms with E-state index in [1.807, 2.05) is 53.4 Å². The van der Waals surface area contributed by atoms with Crippen LogP contribution in [0.1, 0.15) is 5.76 Å². The third kappa shape index (κ3) is 7.51. The molecule has 4 aromatic carbocycles. The summed E-state index contributed by atoms with van der Waals surface area (Å²) >= 11 is 5.97. The van der Waals surface area contributed by atoms with Crippen LogP contribution >= 0.6 is 11.6 Å². The van der Waals surface area contributed by atoms with Crippen molar-refractivity contribution in [3.05, 3.63) is 132 Å². The van der Waals surface area contributed by atoms with Crippen LogP contribution in [-0.2, 0) is 19.6 Å². The summed E-state index contributed by atoms with van der Waals surface area (Å²) in [6.45, 7) is 1.66. The number of hydrogen-bond donors (Lipinski definition) is 1. The Labute approximate surface area is 321 Å². The maximum atomic E-state index is 15.6. The molecule has 8 rings (SSSR count). The summed E-state index contributed by atoms with van der Waals surface area (Å²) in [6.07, 6.45) is 1.71. The number of furan rings is 1. The Morgan fingerprint density at radius 2 is 1.64 bits per heavy atom. The van der Waals surface area contributed by atoms with E-state index in [0.717, 1.165) is 5.56 Å². The normalized spacial score (nSPS) is 18.8. The fourth-order valence-electron chi connectivity index (χ4n) is 6.72. The van der Waals surface area contributed by atoms with Gasteiger partial charge in [0.25, 0.3) is 10.0 Å². The van der Waals surface area contributed by atoms with Gasteiger partial charge < -0.3 is 19.0 Å². The number of aliphatic imine (C=N–C) groups is 1. The number of piperazine rings is 1. The van der Waals surface area contributed by atoms with Crippen LogP contribution in [-0.4, -0.2) is 76.7 Å². The van der Waals surface area contributed by atoms with Gasteiger partial charge in [0, 0.05) is 48.5 Å². The highest BCUT2D eigenvalue weighted by molar-refractivity contribution is 7.90. The van der Waals surface area contributed by atoms with Crippen molar-refractivity contribution in [3.8, 4) is 11.3 Å². The molecule has 280 valence electrons. The van der Waals surface area contributed by atoms with E-state index in [1.54, 1.807) is 64.4 Å². The number of benzene rings is 4. The molecule has 0 saturated carbocycles. The molecule has 2 saturated heterocycles. The number of halogens is 2. The fraction of sp³-hybridized carbons (Fsp3) is 0.175. The molecule has 5 aromatic rings. The van der Waals surface area contributed by atoms with Crippen LogP contribution in [0.2, 0.25) is 5.02 Å². The van der Waals surface area contributed by atoms with Crippen LogP contribution in [0.5, 0.6) is 0 Å². The lowest BCUT2D eigenvalue weighted by Gasteiger charge is -2.36. The lowest BCUT2D eigenvalue weighted by atomic mass is 10.2. The SMILES string of the molecule is O=C(/C=C/c1ccc(-c2ccc(Cl)cc2)o1)N1CCN(c2ccc(N3C[C@H](CN=C4NS(=O)(=O)c5ccccc5N4c4ccccc4)OC3=O)cc2F)CC1. The van der Waals surface area contributed by atoms with E-state index < -0.39 is 28.0 Å². The largest absolute Gasteiger partial charge is 0.457 e. The summed E-state index contributed by atoms with van der Waals surface area (Å²) < 4.78 is 55.8. The number of fused-ring (bicyclic) bond motifs is 1. The van der Waals surface area contributed by atoms with Crippen molar-refractivity contribution in [2.75, 3.05) is 54.0 Å². The van der Waals surface area contributed by atoms with Crippen molar-refractivity contribution in [2.24, 2.45) is 4.99 Å². The van der Waals surface area contributed by atoms with Crippen molar-refractivity contribution in [1.29, 1.82) is 0 Å². The van der Waals surface area contributed by atoms with Gasteiger partial charge >= 0.3 is 6.09 Å². The van der Waals surface area contributed by atoms with Gasteiger partial charge in [-0.2, -0.15) is 0 Å². The molecule has 0 bridgehead atoms. The molecule has 1 aromatic heterocycles. The van der Waals surface area contributed by atoms with Gasteiger partial charge in [-0.1, -0.05) is 41.9 Å². The van der Waals surface area contributed by atoms with Gasteiger partial charge in [-0.25, -0.2) is 27.3 Å². The van der Waals surface area contributed by atoms with Crippen molar-refractivity contribution in [3.63, 3.8) is 0 Å². The summed E-state index contributed by atoms with van der Waals surface area (Å²) in [5.41, 5.74) is 2.68. The highest BCUT2D eigenvalue weighted by Gasteiger charge is 2.36. The molecule has 4 heterocycles. The Bertz CT molecular complexity index is 2420. The quantitative estimate of drug-likeness (QED) is 0.168. The zero-order valence-corrected chi connectivity index (χ0v) is 30.8. The lowest BCUT2D eigenvalue weighted by Crippen LogP contribution is -2.48. The first-order valence-electron chi connectivity index (χ1n) is 17.5. The molecule has 1 atom stereocenters. The number of anilines is 4. The number of cyclic esters (lactones) is 1. The van der Waals surface area contributed by atoms with Crippen molar-refractivity contribution in [1.82, 2.24) is 9.62 Å². The molecule has 0 spiro atoms. The zero-order valence-electron chi connectivity index (χ0n) is 29.2. The molecule has 15 heteroatoms. The molecule has 3 aliphatic heterocycles. The number of hydrogen-bond acceptors (Lipinski definition) is 8. The maximum Gasteiger partial charge on any atom is 0.414 e. The van der Waals surface area contributed by atoms with Crippen LogP contribution in [0.15, 0.2) is 130 Å². The van der Waals surface area contributed by atoms with Crippen molar-refractivity contribution in [2.45, 2.75) is 11.0 Å². The standard InChI is InChI=1S/C40H34ClFN6O6S/c41-28-12-10-27(11-13-28)36-18-15-31(53-36)16-19-38(49)46-22-20-45(21-23-46)34-17-14-30(24-33(34)42)47-26-32(54-40(47)50)25-43-39-44-55(51,52)37-9-5-4-8-35(37)48(39)29-6-2-1-3-7-29/h1-19,24,32H,20-23,25-26H2,(H,43,44)/b19-16+/t32-/m0/s1. The zero-order chi connectivity index (χ0) is 38.1. The molecule has 2 fully saturated rings. The number of sulfonamides is 1. The Morgan fingerprint density at radius 1 is 0.891 bits per heavy atom. The van der Waals surface area contributed by atoms with Gasteiger partial charge in [-0.05, 0) is 84.9 Å². The Balaban J connectivity index is 0.886. The Morgan fingerprint density at radius 3 is 2.40 bits per heavy atom. The van der Waals surface area contributed by atoms with E-state index in [1.165, 1.54) is 23.1 Å². The second-order valence-corrected chi connectivity index (χ2v) is 15.1. The van der Waals surface area contributed by atoms with Gasteiger partial charge in [0.1, 0.15) is 28.3 Å². The monoisotopic (exact) mass is 780 g/mol. The Hall–Kier alpha value is -6.12. The van der Waals surface area contributed by atoms with Crippen molar-refractivity contribution < 1.29 is 31.6 Å². The molecule has 0 unspecified atom stereocenters. The first kappa shape index (κ1) is 35.9. The van der Waals surface area contributed by atoms with Crippen molar-refractivity contribution >= 4 is 68.4 Å². The van der Waals surface area contributed by atoms with Crippen LogP contribution in [0.25, 0.3) is 17.4 Å². The fourth-order valence-corrected chi connectivity index (χ4v) is 8.04. The summed E-state index contributed by atoms with van der Waals surface area (Å²) in [7, 11) is -3.90. The molecule has 0 radical (unpaired) electrons. The summed E-state index contributed by atoms with van der Waals surface area (Å²) in [4.78, 5) is 37.2. The molecule has 55 heavy (non-hydrogen) atoms. The molecular formula is C40H34ClFN6O6S. The average Bonchev–Trinajstić information content (AvgIpc) is 3.83. The van der Waals surface area contributed by atoms with Crippen LogP contribution < -0.4 is 19.4 Å². The number of guanidine groups is 1. The van der Waals surface area contributed by atoms with Crippen LogP contribution in [0, 0.1) is 5.82 Å². The molecule has 0 aliphatic carbocycles. The van der Waals surface area contributed by atoms with Gasteiger partial charge in [0.05, 0.1) is 30.2 Å². The second kappa shape index (κ2) is 15.0. The number of rotatable bonds is 8. The number of nitrogens with zero attached hydrogens (tertiary/aromatic N) is 5. The summed E-state index contributed by atoms with van der Waals surface area (Å²) in [5.74, 6) is 0.574. The molecule has 12 nitrogen and oxygen atoms in total. The third-order valence-electron chi connectivity index (χ3n) is 9.49. The van der Waals surface area contributed by atoms with E-state index in [0.29, 0.717) is 65.5 Å². The number of carbonyl (C=O) groups excluding carboxylic acids is 2. The van der Waals surface area contributed by atoms with E-state index in [-0.39, 0.29) is 29.9 Å². The van der Waals surface area contributed by atoms with Gasteiger partial charge in [0.15, 0.2) is 0 Å². The molecular weight excluding hydrogens is 747 g/mol. The molecule has 3 aliphatic rings. The van der Waals surface area contributed by atoms with E-state index in [2.05, 4.69) is 9.71 Å². The second-order valence-electron chi connectivity index (χ2n) is 13.0. The molecule has 2 amide bonds. The number of para-hydroxylation sites is 2. The minimum Gasteiger partial charge on any atom is -0.457 e. The average molecular weight is 781 g/mol. The van der Waals surface area contributed by atoms with E-state index in [4.69, 9.17) is 20.8 Å². The highest BCUT2D eigenvalue weighted by Crippen LogP contribution is 2.35. The minimum atomic E-state index is -3.90. The van der Waals surface area contributed by atoms with E-state index in [9.17, 15) is 18.0 Å². The highest BCUT2D eigenvalue weighted by atomic mass is 35.5. The summed E-state index contributed by atoms with van der Waals surface area (Å²) in [6, 6.07) is 31.3. The van der Waals surface area contributed by atoms with Crippen LogP contribution in [0.4, 0.5) is 31.9 Å². The van der Waals surface area contributed by atoms with Gasteiger partial charge in [-0.3, -0.25) is 14.6 Å². The topological polar surface area (TPSA) is 128 Å². The first-order valence-corrected chi connectivity index (χ1v) is 19.4. The Kier molecular flexibility index (Phi) is 9.76. The molecule has 1 N–H and O–H groups in total. The van der Waals surface area contributed by atoms with Crippen LogP contribution in [0.3, 0.4) is 0 Å². The number of nitrogens with one attached hydrogen (secondary N) is 1. The lowest BCUT2D eigenvalue weighted by molar-refractivity contribution is -0.126. The first-order chi connectivity index (χ1) is 26.6. The maximum absolute atomic E-state index is 15.6.